The van der Waals surface area contributed by atoms with E-state index in [2.05, 4.69) is 39.8 Å². The predicted molar refractivity (Wildman–Crippen MR) is 225 cm³/mol. The Morgan fingerprint density at radius 3 is 2.30 bits per heavy atom. The molecule has 3 aliphatic heterocycles. The summed E-state index contributed by atoms with van der Waals surface area (Å²) in [4.78, 5) is 43.5. The van der Waals surface area contributed by atoms with Gasteiger partial charge in [0.2, 0.25) is 5.79 Å². The van der Waals surface area contributed by atoms with Gasteiger partial charge in [-0.3, -0.25) is 9.59 Å². The zero-order valence-electron chi connectivity index (χ0n) is 37.3. The number of fused-ring (bicyclic) bond motifs is 3. The van der Waals surface area contributed by atoms with Crippen LogP contribution in [0, 0.1) is 29.6 Å². The number of ketones is 1. The molecule has 3 heterocycles. The lowest BCUT2D eigenvalue weighted by molar-refractivity contribution is -0.287. The zero-order chi connectivity index (χ0) is 42.0. The van der Waals surface area contributed by atoms with Crippen LogP contribution < -0.4 is 6.15 Å². The number of nitrogens with zero attached hydrogens (tertiary/aromatic N) is 1. The molecule has 1 saturated carbocycles. The van der Waals surface area contributed by atoms with Crippen LogP contribution in [0.5, 0.6) is 0 Å². The number of ether oxygens (including phenoxy) is 4. The van der Waals surface area contributed by atoms with E-state index in [4.69, 9.17) is 24.1 Å². The third kappa shape index (κ3) is 15.4. The van der Waals surface area contributed by atoms with Crippen LogP contribution in [-0.2, 0) is 33.3 Å². The normalized spacial score (nSPS) is 36.2. The summed E-state index contributed by atoms with van der Waals surface area (Å²) < 4.78 is 23.7. The van der Waals surface area contributed by atoms with Crippen LogP contribution in [0.4, 0.5) is 0 Å². The molecular weight excluding hydrogens is 728 g/mol. The molecule has 6 N–H and O–H groups in total. The second-order valence-corrected chi connectivity index (χ2v) is 17.1. The summed E-state index contributed by atoms with van der Waals surface area (Å²) in [6, 6.07) is -0.983. The second kappa shape index (κ2) is 26.8. The van der Waals surface area contributed by atoms with Crippen molar-refractivity contribution in [3.8, 4) is 0 Å². The number of aliphatic hydroxyl groups excluding tert-OH is 2. The van der Waals surface area contributed by atoms with E-state index in [1.54, 1.807) is 21.1 Å². The van der Waals surface area contributed by atoms with E-state index >= 15 is 0 Å². The summed E-state index contributed by atoms with van der Waals surface area (Å²) in [5.74, 6) is -4.86. The third-order valence-corrected chi connectivity index (χ3v) is 12.2. The van der Waals surface area contributed by atoms with E-state index in [0.29, 0.717) is 56.3 Å². The SMILES string of the molecule is CCC.CO.COCC1CCCC(/C=C(\C)C2OC(=O)C3CCCCN3C(=O)C(=O)C3(O)OC(CCC(C)C/C(C)=C/CCCC(O)[C@H]2C)[C@@H](OC)CC3C)C1.N. The molecule has 3 fully saturated rings. The molecule has 2 saturated heterocycles. The lowest BCUT2D eigenvalue weighted by atomic mass is 9.80. The summed E-state index contributed by atoms with van der Waals surface area (Å²) in [6.45, 7) is 15.1. The third-order valence-electron chi connectivity index (χ3n) is 12.2. The summed E-state index contributed by atoms with van der Waals surface area (Å²) in [5, 5.41) is 30.3. The van der Waals surface area contributed by atoms with Gasteiger partial charge in [0.05, 0.1) is 18.3 Å². The summed E-state index contributed by atoms with van der Waals surface area (Å²) in [6.07, 6.45) is 14.2. The van der Waals surface area contributed by atoms with Gasteiger partial charge in [0.1, 0.15) is 12.1 Å². The fourth-order valence-corrected chi connectivity index (χ4v) is 9.04. The Bertz CT molecular complexity index is 1260. The first-order chi connectivity index (χ1) is 26.7. The van der Waals surface area contributed by atoms with Crippen LogP contribution in [-0.4, -0.2) is 109 Å². The smallest absolute Gasteiger partial charge is 0.329 e. The van der Waals surface area contributed by atoms with Crippen LogP contribution in [0.3, 0.4) is 0 Å². The Labute approximate surface area is 345 Å². The maximum absolute atomic E-state index is 14.1. The number of amides is 1. The van der Waals surface area contributed by atoms with Gasteiger partial charge in [0, 0.05) is 46.3 Å². The number of rotatable bonds is 5. The van der Waals surface area contributed by atoms with Gasteiger partial charge >= 0.3 is 5.97 Å². The van der Waals surface area contributed by atoms with Gasteiger partial charge in [-0.15, -0.1) is 0 Å². The van der Waals surface area contributed by atoms with E-state index in [1.165, 1.54) is 16.9 Å². The number of carbonyl (C=O) groups is 3. The number of hydrogen-bond donors (Lipinski definition) is 4. The van der Waals surface area contributed by atoms with E-state index in [1.807, 2.05) is 13.8 Å². The topological polar surface area (TPSA) is 187 Å². The number of hydrogen-bond acceptors (Lipinski definition) is 11. The fourth-order valence-electron chi connectivity index (χ4n) is 9.04. The number of cyclic esters (lactones) is 1. The quantitative estimate of drug-likeness (QED) is 0.122. The van der Waals surface area contributed by atoms with Crippen molar-refractivity contribution in [2.24, 2.45) is 29.6 Å². The first-order valence-electron chi connectivity index (χ1n) is 21.6. The van der Waals surface area contributed by atoms with Crippen molar-refractivity contribution in [2.45, 2.75) is 181 Å². The minimum absolute atomic E-state index is 0. The number of aliphatic hydroxyl groups is 3. The summed E-state index contributed by atoms with van der Waals surface area (Å²) in [7, 11) is 4.34. The molecule has 4 aliphatic rings. The van der Waals surface area contributed by atoms with Gasteiger partial charge in [-0.25, -0.2) is 4.79 Å². The Balaban J connectivity index is 0.00000258. The van der Waals surface area contributed by atoms with Crippen LogP contribution >= 0.6 is 0 Å². The lowest BCUT2D eigenvalue weighted by Gasteiger charge is -2.45. The van der Waals surface area contributed by atoms with Gasteiger partial charge in [0.15, 0.2) is 0 Å². The molecule has 0 aromatic rings. The van der Waals surface area contributed by atoms with Crippen molar-refractivity contribution in [1.82, 2.24) is 11.1 Å². The molecule has 332 valence electrons. The number of esters is 1. The van der Waals surface area contributed by atoms with Crippen molar-refractivity contribution in [2.75, 3.05) is 34.5 Å². The van der Waals surface area contributed by atoms with Crippen LogP contribution in [0.25, 0.3) is 0 Å². The van der Waals surface area contributed by atoms with Crippen molar-refractivity contribution in [3.63, 3.8) is 0 Å². The molecule has 11 atom stereocenters. The predicted octanol–water partition coefficient (Wildman–Crippen LogP) is 7.50. The molecule has 4 rings (SSSR count). The highest BCUT2D eigenvalue weighted by Gasteiger charge is 2.55. The lowest BCUT2D eigenvalue weighted by Crippen LogP contribution is -2.62. The Kier molecular flexibility index (Phi) is 24.9. The van der Waals surface area contributed by atoms with E-state index in [-0.39, 0.29) is 24.7 Å². The Morgan fingerprint density at radius 1 is 0.965 bits per heavy atom. The van der Waals surface area contributed by atoms with Crippen LogP contribution in [0.2, 0.25) is 0 Å². The van der Waals surface area contributed by atoms with Gasteiger partial charge < -0.3 is 45.3 Å². The highest BCUT2D eigenvalue weighted by atomic mass is 16.7. The molecule has 0 radical (unpaired) electrons. The number of piperidine rings is 1. The highest BCUT2D eigenvalue weighted by Crippen LogP contribution is 2.38. The number of allylic oxidation sites excluding steroid dienone is 3. The summed E-state index contributed by atoms with van der Waals surface area (Å²) >= 11 is 0. The maximum Gasteiger partial charge on any atom is 0.329 e. The molecule has 57 heavy (non-hydrogen) atoms. The van der Waals surface area contributed by atoms with Crippen molar-refractivity contribution >= 4 is 17.7 Å². The Hall–Kier alpha value is -2.19. The molecule has 12 heteroatoms. The average Bonchev–Trinajstić information content (AvgIpc) is 3.18. The monoisotopic (exact) mass is 811 g/mol. The Morgan fingerprint density at radius 2 is 1.65 bits per heavy atom. The van der Waals surface area contributed by atoms with Crippen LogP contribution in [0.1, 0.15) is 145 Å². The van der Waals surface area contributed by atoms with Gasteiger partial charge in [-0.1, -0.05) is 65.2 Å². The average molecular weight is 811 g/mol. The fraction of sp³-hybridized carbons (Fsp3) is 0.844. The van der Waals surface area contributed by atoms with Crippen molar-refractivity contribution in [3.05, 3.63) is 23.3 Å². The zero-order valence-corrected chi connectivity index (χ0v) is 37.3. The minimum atomic E-state index is -2.33. The van der Waals surface area contributed by atoms with Crippen molar-refractivity contribution in [1.29, 1.82) is 0 Å². The first kappa shape index (κ1) is 52.8. The van der Waals surface area contributed by atoms with Gasteiger partial charge in [-0.2, -0.15) is 0 Å². The molecule has 0 aromatic heterocycles. The van der Waals surface area contributed by atoms with E-state index in [0.717, 1.165) is 70.7 Å². The van der Waals surface area contributed by atoms with Crippen molar-refractivity contribution < 1.29 is 48.7 Å². The minimum Gasteiger partial charge on any atom is -0.456 e. The van der Waals surface area contributed by atoms with E-state index in [9.17, 15) is 24.6 Å². The molecule has 0 spiro atoms. The number of methoxy groups -OCH3 is 2. The first-order valence-corrected chi connectivity index (χ1v) is 21.6. The molecule has 2 bridgehead atoms. The summed E-state index contributed by atoms with van der Waals surface area (Å²) in [5.41, 5.74) is 2.17. The van der Waals surface area contributed by atoms with E-state index < -0.39 is 53.7 Å². The maximum atomic E-state index is 14.1. The molecule has 0 aromatic carbocycles. The molecular formula is C45H82N2O10. The van der Waals surface area contributed by atoms with Gasteiger partial charge in [0.25, 0.3) is 11.7 Å². The largest absolute Gasteiger partial charge is 0.456 e. The van der Waals surface area contributed by atoms with Gasteiger partial charge in [-0.05, 0) is 121 Å². The number of carbonyl (C=O) groups excluding carboxylic acids is 3. The molecule has 1 amide bonds. The molecule has 12 nitrogen and oxygen atoms in total. The molecule has 9 unspecified atom stereocenters. The number of Topliss-reactive ketones (excluding diaryl/α,β-unsaturated/α-hetero) is 1. The standard InChI is InChI=1S/C41H67NO9.C3H8.CH4O.H3N/c1-26-13-8-9-17-34(43)30(5)37(28(3)22-31-14-12-15-32(24-31)25-48-6)50-40(46)33-16-10-11-20-42(33)39(45)38(44)41(47)29(4)23-36(49-7)35(51-41)19-18-27(2)21-26;1-3-2;1-2;/h13,22,27,29-37,43,47H,8-12,14-21,23-25H2,1-7H3;3H2,1-2H3;2H,1H3;1H3/b26-13+,28-22+;;;/t27?,29?,30-,31?,32?,33?,34?,35?,36+,37?,41?;;;/m1.../s1. The highest BCUT2D eigenvalue weighted by molar-refractivity contribution is 6.39. The van der Waals surface area contributed by atoms with Crippen LogP contribution in [0.15, 0.2) is 23.3 Å². The molecule has 1 aliphatic carbocycles. The second-order valence-electron chi connectivity index (χ2n) is 17.1.